The minimum Gasteiger partial charge on any atom is -0.288 e. The molecular weight excluding hydrogens is 472 g/mol. The zero-order valence-electron chi connectivity index (χ0n) is 23.1. The minimum atomic E-state index is 0.0918. The molecule has 1 aromatic carbocycles. The van der Waals surface area contributed by atoms with Crippen molar-refractivity contribution in [2.45, 2.75) is 117 Å². The topological polar surface area (TPSA) is 42.9 Å². The van der Waals surface area contributed by atoms with Crippen LogP contribution < -0.4 is 0 Å². The third-order valence-corrected chi connectivity index (χ3v) is 8.15. The number of rotatable bonds is 19. The second-order valence-corrected chi connectivity index (χ2v) is 11.2. The summed E-state index contributed by atoms with van der Waals surface area (Å²) in [4.78, 5) is 23.8. The lowest BCUT2D eigenvalue weighted by molar-refractivity contribution is 0.104. The van der Waals surface area contributed by atoms with Crippen molar-refractivity contribution >= 4 is 17.1 Å². The van der Waals surface area contributed by atoms with E-state index in [1.54, 1.807) is 11.3 Å². The predicted octanol–water partition coefficient (Wildman–Crippen LogP) is 10.0. The molecule has 2 aromatic heterocycles. The molecule has 0 saturated carbocycles. The summed E-state index contributed by atoms with van der Waals surface area (Å²) in [6.45, 7) is 4.50. The lowest BCUT2D eigenvalue weighted by atomic mass is 9.98. The van der Waals surface area contributed by atoms with Crippen LogP contribution in [0.15, 0.2) is 48.1 Å². The Labute approximate surface area is 229 Å². The van der Waals surface area contributed by atoms with Gasteiger partial charge in [-0.1, -0.05) is 115 Å². The Hall–Kier alpha value is -2.33. The summed E-state index contributed by atoms with van der Waals surface area (Å²) in [5.41, 5.74) is 3.87. The van der Waals surface area contributed by atoms with Crippen LogP contribution in [0.1, 0.15) is 130 Å². The molecule has 2 heterocycles. The van der Waals surface area contributed by atoms with Crippen LogP contribution in [0.25, 0.3) is 11.4 Å². The van der Waals surface area contributed by atoms with E-state index >= 15 is 0 Å². The Bertz CT molecular complexity index is 1040. The van der Waals surface area contributed by atoms with Gasteiger partial charge in [-0.3, -0.25) is 4.79 Å². The first kappa shape index (κ1) is 29.2. The van der Waals surface area contributed by atoms with Gasteiger partial charge in [0.25, 0.3) is 0 Å². The third kappa shape index (κ3) is 9.81. The Morgan fingerprint density at radius 1 is 0.703 bits per heavy atom. The number of nitrogens with zero attached hydrogens (tertiary/aromatic N) is 2. The number of unbranched alkanes of at least 4 members (excludes halogenated alkanes) is 12. The summed E-state index contributed by atoms with van der Waals surface area (Å²) >= 11 is 1.55. The van der Waals surface area contributed by atoms with E-state index in [-0.39, 0.29) is 5.78 Å². The molecule has 0 atom stereocenters. The van der Waals surface area contributed by atoms with Crippen molar-refractivity contribution in [2.75, 3.05) is 0 Å². The molecule has 0 unspecified atom stereocenters. The van der Waals surface area contributed by atoms with Crippen molar-refractivity contribution in [3.63, 3.8) is 0 Å². The van der Waals surface area contributed by atoms with Gasteiger partial charge >= 0.3 is 0 Å². The van der Waals surface area contributed by atoms with Gasteiger partial charge in [0.1, 0.15) is 0 Å². The molecule has 0 N–H and O–H groups in total. The minimum absolute atomic E-state index is 0.0918. The van der Waals surface area contributed by atoms with Crippen LogP contribution in [0.4, 0.5) is 0 Å². The summed E-state index contributed by atoms with van der Waals surface area (Å²) in [6, 6.07) is 9.90. The average Bonchev–Trinajstić information content (AvgIpc) is 3.41. The van der Waals surface area contributed by atoms with Gasteiger partial charge in [-0.2, -0.15) is 0 Å². The second-order valence-electron chi connectivity index (χ2n) is 10.3. The average molecular weight is 519 g/mol. The van der Waals surface area contributed by atoms with Gasteiger partial charge in [0.05, 0.1) is 4.88 Å². The van der Waals surface area contributed by atoms with E-state index in [4.69, 9.17) is 0 Å². The van der Waals surface area contributed by atoms with Gasteiger partial charge in [-0.25, -0.2) is 9.97 Å². The summed E-state index contributed by atoms with van der Waals surface area (Å²) in [5.74, 6) is 0.728. The van der Waals surface area contributed by atoms with Crippen LogP contribution in [0.5, 0.6) is 0 Å². The number of ketones is 1. The van der Waals surface area contributed by atoms with Crippen LogP contribution >= 0.6 is 11.3 Å². The molecule has 200 valence electrons. The van der Waals surface area contributed by atoms with E-state index in [0.717, 1.165) is 29.7 Å². The first-order chi connectivity index (χ1) is 18.2. The monoisotopic (exact) mass is 518 g/mol. The molecule has 3 rings (SSSR count). The number of carbonyl (C=O) groups excluding carboxylic acids is 1. The maximum Gasteiger partial charge on any atom is 0.203 e. The highest BCUT2D eigenvalue weighted by Crippen LogP contribution is 2.28. The molecule has 3 nitrogen and oxygen atoms in total. The van der Waals surface area contributed by atoms with E-state index in [9.17, 15) is 4.79 Å². The van der Waals surface area contributed by atoms with Crippen LogP contribution in [0.2, 0.25) is 0 Å². The summed E-state index contributed by atoms with van der Waals surface area (Å²) in [7, 11) is 0. The van der Waals surface area contributed by atoms with Gasteiger partial charge in [0.2, 0.25) is 5.78 Å². The van der Waals surface area contributed by atoms with E-state index in [0.29, 0.717) is 11.4 Å². The predicted molar refractivity (Wildman–Crippen MR) is 159 cm³/mol. The quantitative estimate of drug-likeness (QED) is 0.117. The fourth-order valence-electron chi connectivity index (χ4n) is 4.91. The molecule has 0 saturated heterocycles. The maximum atomic E-state index is 13.5. The van der Waals surface area contributed by atoms with Gasteiger partial charge in [-0.05, 0) is 48.3 Å². The number of thiophene rings is 1. The van der Waals surface area contributed by atoms with Crippen molar-refractivity contribution in [3.8, 4) is 11.4 Å². The fraction of sp³-hybridized carbons (Fsp3) is 0.545. The molecule has 4 heteroatoms. The molecule has 0 spiro atoms. The summed E-state index contributed by atoms with van der Waals surface area (Å²) < 4.78 is 0. The summed E-state index contributed by atoms with van der Waals surface area (Å²) in [5, 5.41) is 2.05. The largest absolute Gasteiger partial charge is 0.288 e. The highest BCUT2D eigenvalue weighted by atomic mass is 32.1. The van der Waals surface area contributed by atoms with Crippen molar-refractivity contribution in [1.29, 1.82) is 0 Å². The third-order valence-electron chi connectivity index (χ3n) is 7.19. The zero-order chi connectivity index (χ0) is 26.1. The maximum absolute atomic E-state index is 13.5. The van der Waals surface area contributed by atoms with Crippen LogP contribution in [-0.4, -0.2) is 15.8 Å². The number of hydrogen-bond donors (Lipinski definition) is 0. The first-order valence-electron chi connectivity index (χ1n) is 14.8. The molecule has 0 bridgehead atoms. The SMILES string of the molecule is CCCCCCCCCCCCc1cnc(-c2ccccc2C(=O)c2sccc2CCCCCC)nc1. The molecule has 0 aliphatic heterocycles. The molecule has 0 aliphatic rings. The zero-order valence-corrected chi connectivity index (χ0v) is 24.0. The number of benzene rings is 1. The first-order valence-corrected chi connectivity index (χ1v) is 15.6. The van der Waals surface area contributed by atoms with Crippen molar-refractivity contribution in [1.82, 2.24) is 9.97 Å². The molecule has 37 heavy (non-hydrogen) atoms. The van der Waals surface area contributed by atoms with E-state index < -0.39 is 0 Å². The van der Waals surface area contributed by atoms with Gasteiger partial charge in [-0.15, -0.1) is 11.3 Å². The summed E-state index contributed by atoms with van der Waals surface area (Å²) in [6.07, 6.45) is 24.1. The molecular formula is C33H46N2OS. The normalized spacial score (nSPS) is 11.2. The van der Waals surface area contributed by atoms with E-state index in [1.165, 1.54) is 94.6 Å². The van der Waals surface area contributed by atoms with Crippen LogP contribution in [-0.2, 0) is 12.8 Å². The second kappa shape index (κ2) is 17.2. The number of aryl methyl sites for hydroxylation is 2. The fourth-order valence-corrected chi connectivity index (χ4v) is 5.82. The Balaban J connectivity index is 1.52. The highest BCUT2D eigenvalue weighted by Gasteiger charge is 2.20. The van der Waals surface area contributed by atoms with E-state index in [1.807, 2.05) is 42.0 Å². The number of carbonyl (C=O) groups is 1. The lowest BCUT2D eigenvalue weighted by Gasteiger charge is -2.09. The Morgan fingerprint density at radius 2 is 1.27 bits per heavy atom. The molecule has 0 aliphatic carbocycles. The van der Waals surface area contributed by atoms with Gasteiger partial charge in [0.15, 0.2) is 5.82 Å². The van der Waals surface area contributed by atoms with Crippen molar-refractivity contribution < 1.29 is 4.79 Å². The molecule has 0 amide bonds. The van der Waals surface area contributed by atoms with Gasteiger partial charge < -0.3 is 0 Å². The Morgan fingerprint density at radius 3 is 1.95 bits per heavy atom. The van der Waals surface area contributed by atoms with Crippen LogP contribution in [0, 0.1) is 0 Å². The number of hydrogen-bond acceptors (Lipinski definition) is 4. The van der Waals surface area contributed by atoms with Crippen molar-refractivity contribution in [3.05, 3.63) is 69.7 Å². The lowest BCUT2D eigenvalue weighted by Crippen LogP contribution is -2.06. The highest BCUT2D eigenvalue weighted by molar-refractivity contribution is 7.12. The molecule has 0 fully saturated rings. The van der Waals surface area contributed by atoms with Gasteiger partial charge in [0, 0.05) is 23.5 Å². The van der Waals surface area contributed by atoms with Crippen molar-refractivity contribution in [2.24, 2.45) is 0 Å². The van der Waals surface area contributed by atoms with Crippen LogP contribution in [0.3, 0.4) is 0 Å². The van der Waals surface area contributed by atoms with E-state index in [2.05, 4.69) is 29.9 Å². The Kier molecular flexibility index (Phi) is 13.6. The number of aromatic nitrogens is 2. The smallest absolute Gasteiger partial charge is 0.203 e. The standard InChI is InChI=1S/C33H46N2OS/c1-3-5-7-9-10-11-12-13-14-15-19-27-25-34-33(35-26-27)30-22-18-17-21-29(30)31(36)32-28(23-24-37-32)20-16-8-6-4-2/h17-18,21-26H,3-16,19-20H2,1-2H3. The molecule has 0 radical (unpaired) electrons. The molecule has 3 aromatic rings.